The van der Waals surface area contributed by atoms with Gasteiger partial charge < -0.3 is 10.4 Å². The molecule has 0 spiro atoms. The molecule has 84 valence electrons. The monoisotopic (exact) mass is 347 g/mol. The molecule has 0 aliphatic heterocycles. The fourth-order valence-electron chi connectivity index (χ4n) is 0.957. The van der Waals surface area contributed by atoms with Gasteiger partial charge in [0, 0.05) is 26.8 Å². The fraction of sp³-hybridized carbons (Fsp3) is 0. The highest BCUT2D eigenvalue weighted by molar-refractivity contribution is 9.11. The molecule has 0 aromatic heterocycles. The molecule has 0 atom stereocenters. The lowest BCUT2D eigenvalue weighted by Crippen LogP contribution is -2.08. The molecule has 1 rings (SSSR count). The van der Waals surface area contributed by atoms with Crippen LogP contribution in [0.1, 0.15) is 0 Å². The molecule has 0 heterocycles. The van der Waals surface area contributed by atoms with Gasteiger partial charge in [-0.1, -0.05) is 31.9 Å². The van der Waals surface area contributed by atoms with Gasteiger partial charge in [-0.25, -0.2) is 4.79 Å². The Balaban J connectivity index is 2.73. The van der Waals surface area contributed by atoms with E-state index in [0.29, 0.717) is 5.69 Å². The van der Waals surface area contributed by atoms with Gasteiger partial charge >= 0.3 is 5.97 Å². The van der Waals surface area contributed by atoms with E-state index in [4.69, 9.17) is 5.11 Å². The number of nitrogens with one attached hydrogen (secondary N) is 1. The first-order valence-electron chi connectivity index (χ1n) is 4.15. The Morgan fingerprint density at radius 3 is 2.19 bits per heavy atom. The summed E-state index contributed by atoms with van der Waals surface area (Å²) in [6.45, 7) is 0. The summed E-state index contributed by atoms with van der Waals surface area (Å²) in [5.41, 5.74) is 0.571. The third-order valence-corrected chi connectivity index (χ3v) is 2.42. The highest BCUT2D eigenvalue weighted by Gasteiger charge is 2.01. The molecule has 0 unspecified atom stereocenters. The van der Waals surface area contributed by atoms with Crippen LogP contribution in [0.25, 0.3) is 0 Å². The van der Waals surface area contributed by atoms with Crippen molar-refractivity contribution in [2.24, 2.45) is 0 Å². The van der Waals surface area contributed by atoms with E-state index in [0.717, 1.165) is 21.1 Å². The minimum atomic E-state index is -1.16. The predicted octanol–water partition coefficient (Wildman–Crippen LogP) is 2.79. The van der Waals surface area contributed by atoms with Crippen molar-refractivity contribution in [1.29, 1.82) is 0 Å². The van der Waals surface area contributed by atoms with Crippen LogP contribution in [0.5, 0.6) is 0 Å². The maximum Gasteiger partial charge on any atom is 0.328 e. The first-order valence-corrected chi connectivity index (χ1v) is 5.74. The number of rotatable bonds is 3. The molecule has 6 heteroatoms. The van der Waals surface area contributed by atoms with Gasteiger partial charge in [-0.2, -0.15) is 0 Å². The molecule has 16 heavy (non-hydrogen) atoms. The normalized spacial score (nSPS) is 10.4. The largest absolute Gasteiger partial charge is 0.478 e. The second kappa shape index (κ2) is 5.81. The molecular formula is C10H7Br2NO3. The first kappa shape index (κ1) is 12.9. The highest BCUT2D eigenvalue weighted by Crippen LogP contribution is 2.23. The lowest BCUT2D eigenvalue weighted by Gasteiger charge is -2.03. The van der Waals surface area contributed by atoms with Crippen LogP contribution in [0.15, 0.2) is 39.3 Å². The molecule has 0 saturated carbocycles. The van der Waals surface area contributed by atoms with E-state index in [9.17, 15) is 9.59 Å². The van der Waals surface area contributed by atoms with Crippen LogP contribution in [0, 0.1) is 0 Å². The van der Waals surface area contributed by atoms with E-state index in [2.05, 4.69) is 37.2 Å². The smallest absolute Gasteiger partial charge is 0.328 e. The average Bonchev–Trinajstić information content (AvgIpc) is 2.12. The van der Waals surface area contributed by atoms with E-state index in [1.807, 2.05) is 6.07 Å². The Kier molecular flexibility index (Phi) is 4.70. The molecular weight excluding hydrogens is 342 g/mol. The van der Waals surface area contributed by atoms with E-state index in [-0.39, 0.29) is 0 Å². The molecule has 1 amide bonds. The van der Waals surface area contributed by atoms with Gasteiger partial charge in [0.2, 0.25) is 5.91 Å². The number of benzene rings is 1. The molecule has 0 saturated heterocycles. The number of anilines is 1. The molecule has 0 bridgehead atoms. The summed E-state index contributed by atoms with van der Waals surface area (Å²) >= 11 is 6.54. The summed E-state index contributed by atoms with van der Waals surface area (Å²) in [4.78, 5) is 21.4. The van der Waals surface area contributed by atoms with Gasteiger partial charge in [-0.05, 0) is 18.2 Å². The highest BCUT2D eigenvalue weighted by atomic mass is 79.9. The Labute approximate surface area is 109 Å². The van der Waals surface area contributed by atoms with Crippen LogP contribution >= 0.6 is 31.9 Å². The van der Waals surface area contributed by atoms with Crippen molar-refractivity contribution in [3.8, 4) is 0 Å². The molecule has 1 aromatic carbocycles. The van der Waals surface area contributed by atoms with Gasteiger partial charge in [0.1, 0.15) is 0 Å². The second-order valence-electron chi connectivity index (χ2n) is 2.82. The molecule has 0 fully saturated rings. The quantitative estimate of drug-likeness (QED) is 0.825. The van der Waals surface area contributed by atoms with Crippen LogP contribution in [-0.2, 0) is 9.59 Å². The summed E-state index contributed by atoms with van der Waals surface area (Å²) in [5, 5.41) is 10.9. The van der Waals surface area contributed by atoms with E-state index in [1.165, 1.54) is 0 Å². The summed E-state index contributed by atoms with van der Waals surface area (Å²) in [7, 11) is 0. The van der Waals surface area contributed by atoms with Crippen LogP contribution in [-0.4, -0.2) is 17.0 Å². The van der Waals surface area contributed by atoms with Gasteiger partial charge in [0.25, 0.3) is 0 Å². The standard InChI is InChI=1S/C10H7Br2NO3/c11-6-3-7(12)5-8(4-6)13-9(14)1-2-10(15)16/h1-5H,(H,13,14)(H,15,16)/b2-1-. The topological polar surface area (TPSA) is 66.4 Å². The number of aliphatic carboxylic acids is 1. The zero-order chi connectivity index (χ0) is 12.1. The maximum atomic E-state index is 11.2. The third kappa shape index (κ3) is 4.59. The van der Waals surface area contributed by atoms with E-state index >= 15 is 0 Å². The number of halogens is 2. The third-order valence-electron chi connectivity index (χ3n) is 1.51. The minimum Gasteiger partial charge on any atom is -0.478 e. The van der Waals surface area contributed by atoms with Crippen LogP contribution in [0.4, 0.5) is 5.69 Å². The summed E-state index contributed by atoms with van der Waals surface area (Å²) in [6, 6.07) is 5.23. The van der Waals surface area contributed by atoms with Crippen molar-refractivity contribution in [3.63, 3.8) is 0 Å². The average molecular weight is 349 g/mol. The van der Waals surface area contributed by atoms with Gasteiger partial charge in [-0.3, -0.25) is 4.79 Å². The van der Waals surface area contributed by atoms with Crippen molar-refractivity contribution in [2.45, 2.75) is 0 Å². The fourth-order valence-corrected chi connectivity index (χ4v) is 2.25. The lowest BCUT2D eigenvalue weighted by atomic mass is 10.3. The van der Waals surface area contributed by atoms with Gasteiger partial charge in [0.15, 0.2) is 0 Å². The van der Waals surface area contributed by atoms with Gasteiger partial charge in [0.05, 0.1) is 0 Å². The second-order valence-corrected chi connectivity index (χ2v) is 4.65. The zero-order valence-corrected chi connectivity index (χ0v) is 11.1. The Bertz CT molecular complexity index is 437. The SMILES string of the molecule is O=C(O)/C=C\C(=O)Nc1cc(Br)cc(Br)c1. The van der Waals surface area contributed by atoms with Crippen LogP contribution in [0.2, 0.25) is 0 Å². The van der Waals surface area contributed by atoms with Crippen molar-refractivity contribution >= 4 is 49.4 Å². The van der Waals surface area contributed by atoms with E-state index < -0.39 is 11.9 Å². The molecule has 0 aliphatic carbocycles. The van der Waals surface area contributed by atoms with Crippen molar-refractivity contribution in [1.82, 2.24) is 0 Å². The summed E-state index contributed by atoms with van der Waals surface area (Å²) < 4.78 is 1.61. The lowest BCUT2D eigenvalue weighted by molar-refractivity contribution is -0.131. The maximum absolute atomic E-state index is 11.2. The summed E-state index contributed by atoms with van der Waals surface area (Å²) in [5.74, 6) is -1.65. The number of hydrogen-bond donors (Lipinski definition) is 2. The van der Waals surface area contributed by atoms with Crippen molar-refractivity contribution in [2.75, 3.05) is 5.32 Å². The number of carbonyl (C=O) groups excluding carboxylic acids is 1. The Hall–Kier alpha value is -1.14. The van der Waals surface area contributed by atoms with E-state index in [1.54, 1.807) is 12.1 Å². The van der Waals surface area contributed by atoms with Gasteiger partial charge in [-0.15, -0.1) is 0 Å². The number of carboxylic acid groups (broad SMARTS) is 1. The summed E-state index contributed by atoms with van der Waals surface area (Å²) in [6.07, 6.45) is 1.74. The first-order chi connectivity index (χ1) is 7.47. The molecule has 0 aliphatic rings. The molecule has 4 nitrogen and oxygen atoms in total. The zero-order valence-electron chi connectivity index (χ0n) is 7.91. The molecule has 0 radical (unpaired) electrons. The minimum absolute atomic E-state index is 0.493. The number of carboxylic acids is 1. The molecule has 2 N–H and O–H groups in total. The predicted molar refractivity (Wildman–Crippen MR) is 67.2 cm³/mol. The van der Waals surface area contributed by atoms with Crippen LogP contribution in [0.3, 0.4) is 0 Å². The molecule has 1 aromatic rings. The van der Waals surface area contributed by atoms with Crippen LogP contribution < -0.4 is 5.32 Å². The number of hydrogen-bond acceptors (Lipinski definition) is 2. The van der Waals surface area contributed by atoms with Crippen molar-refractivity contribution in [3.05, 3.63) is 39.3 Å². The van der Waals surface area contributed by atoms with Crippen molar-refractivity contribution < 1.29 is 14.7 Å². The number of carbonyl (C=O) groups is 2. The number of amides is 1. The Morgan fingerprint density at radius 1 is 1.12 bits per heavy atom. The Morgan fingerprint density at radius 2 is 1.69 bits per heavy atom.